The normalized spacial score (nSPS) is 10.0. The van der Waals surface area contributed by atoms with Crippen LogP contribution in [0.5, 0.6) is 0 Å². The van der Waals surface area contributed by atoms with Gasteiger partial charge in [0.05, 0.1) is 4.21 Å². The summed E-state index contributed by atoms with van der Waals surface area (Å²) in [5.41, 5.74) is 0. The number of carboxylic acid groups (broad SMARTS) is 1. The Hall–Kier alpha value is -0.810. The number of ketones is 1. The highest BCUT2D eigenvalue weighted by molar-refractivity contribution is 8.01. The lowest BCUT2D eigenvalue weighted by Gasteiger charge is -1.96. The largest absolute Gasteiger partial charge is 0.476 e. The van der Waals surface area contributed by atoms with Gasteiger partial charge in [-0.3, -0.25) is 4.79 Å². The van der Waals surface area contributed by atoms with E-state index in [0.717, 1.165) is 5.75 Å². The Morgan fingerprint density at radius 1 is 1.50 bits per heavy atom. The van der Waals surface area contributed by atoms with Crippen molar-refractivity contribution in [3.8, 4) is 0 Å². The average molecular weight is 230 g/mol. The van der Waals surface area contributed by atoms with Crippen LogP contribution in [-0.4, -0.2) is 22.6 Å². The molecule has 0 spiro atoms. The molecule has 76 valence electrons. The van der Waals surface area contributed by atoms with E-state index < -0.39 is 11.8 Å². The molecule has 14 heavy (non-hydrogen) atoms. The Morgan fingerprint density at radius 2 is 2.29 bits per heavy atom. The molecule has 1 rings (SSSR count). The summed E-state index contributed by atoms with van der Waals surface area (Å²) in [4.78, 5) is 20.9. The third-order valence-electron chi connectivity index (χ3n) is 1.53. The highest BCUT2D eigenvalue weighted by Gasteiger charge is 2.09. The molecule has 1 aromatic heterocycles. The van der Waals surface area contributed by atoms with Gasteiger partial charge in [0.15, 0.2) is 0 Å². The molecule has 1 heterocycles. The molecule has 1 N–H and O–H groups in total. The first-order valence-corrected chi connectivity index (χ1v) is 5.99. The molecule has 0 aliphatic heterocycles. The first-order valence-electron chi connectivity index (χ1n) is 4.12. The van der Waals surface area contributed by atoms with Gasteiger partial charge in [-0.25, -0.2) is 4.79 Å². The quantitative estimate of drug-likeness (QED) is 0.463. The molecule has 0 radical (unpaired) electrons. The van der Waals surface area contributed by atoms with E-state index in [1.807, 2.05) is 17.5 Å². The number of carbonyl (C=O) groups excluding carboxylic acids is 1. The van der Waals surface area contributed by atoms with Crippen LogP contribution in [0.2, 0.25) is 0 Å². The first kappa shape index (κ1) is 11.3. The maximum Gasteiger partial charge on any atom is 0.372 e. The number of carbonyl (C=O) groups is 2. The Balaban J connectivity index is 2.11. The van der Waals surface area contributed by atoms with Crippen molar-refractivity contribution in [3.63, 3.8) is 0 Å². The Kier molecular flexibility index (Phi) is 4.69. The Bertz CT molecular complexity index is 306. The number of carboxylic acids is 1. The van der Waals surface area contributed by atoms with Gasteiger partial charge in [-0.2, -0.15) is 0 Å². The third kappa shape index (κ3) is 3.93. The second-order valence-electron chi connectivity index (χ2n) is 2.61. The molecule has 0 aliphatic carbocycles. The maximum atomic E-state index is 10.7. The van der Waals surface area contributed by atoms with Crippen LogP contribution in [0, 0.1) is 0 Å². The van der Waals surface area contributed by atoms with Gasteiger partial charge in [0, 0.05) is 6.42 Å². The van der Waals surface area contributed by atoms with E-state index in [-0.39, 0.29) is 6.42 Å². The molecular formula is C9H10O3S2. The number of thioether (sulfide) groups is 1. The molecule has 0 saturated heterocycles. The van der Waals surface area contributed by atoms with E-state index in [2.05, 4.69) is 0 Å². The number of hydrogen-bond donors (Lipinski definition) is 1. The summed E-state index contributed by atoms with van der Waals surface area (Å²) in [5, 5.41) is 10.3. The number of Topliss-reactive ketones (excluding diaryl/α,β-unsaturated/α-hetero) is 1. The molecule has 3 nitrogen and oxygen atoms in total. The summed E-state index contributed by atoms with van der Waals surface area (Å²) in [6.07, 6.45) is 0.751. The van der Waals surface area contributed by atoms with Crippen molar-refractivity contribution in [1.29, 1.82) is 0 Å². The van der Waals surface area contributed by atoms with Crippen molar-refractivity contribution in [2.75, 3.05) is 5.75 Å². The van der Waals surface area contributed by atoms with E-state index in [9.17, 15) is 9.59 Å². The lowest BCUT2D eigenvalue weighted by Crippen LogP contribution is -2.11. The highest BCUT2D eigenvalue weighted by atomic mass is 32.2. The van der Waals surface area contributed by atoms with E-state index >= 15 is 0 Å². The molecular weight excluding hydrogens is 220 g/mol. The minimum absolute atomic E-state index is 0.133. The van der Waals surface area contributed by atoms with Crippen LogP contribution in [0.25, 0.3) is 0 Å². The standard InChI is InChI=1S/C9H10O3S2/c10-7(9(11)12)3-1-5-13-8-4-2-6-14-8/h2,4,6H,1,3,5H2,(H,11,12). The predicted molar refractivity (Wildman–Crippen MR) is 56.9 cm³/mol. The van der Waals surface area contributed by atoms with Crippen LogP contribution in [-0.2, 0) is 9.59 Å². The zero-order chi connectivity index (χ0) is 10.4. The molecule has 0 aliphatic rings. The van der Waals surface area contributed by atoms with Crippen molar-refractivity contribution in [1.82, 2.24) is 0 Å². The van der Waals surface area contributed by atoms with Crippen LogP contribution in [0.1, 0.15) is 12.8 Å². The van der Waals surface area contributed by atoms with E-state index in [1.165, 1.54) is 4.21 Å². The fourth-order valence-electron chi connectivity index (χ4n) is 0.858. The summed E-state index contributed by atoms with van der Waals surface area (Å²) in [5.74, 6) is -1.23. The molecule has 0 unspecified atom stereocenters. The van der Waals surface area contributed by atoms with Gasteiger partial charge >= 0.3 is 5.97 Å². The van der Waals surface area contributed by atoms with Crippen molar-refractivity contribution >= 4 is 34.9 Å². The molecule has 5 heteroatoms. The molecule has 0 aromatic carbocycles. The topological polar surface area (TPSA) is 54.4 Å². The van der Waals surface area contributed by atoms with E-state index in [0.29, 0.717) is 6.42 Å². The highest BCUT2D eigenvalue weighted by Crippen LogP contribution is 2.24. The van der Waals surface area contributed by atoms with Crippen LogP contribution in [0.3, 0.4) is 0 Å². The lowest BCUT2D eigenvalue weighted by atomic mass is 10.2. The van der Waals surface area contributed by atoms with Crippen molar-refractivity contribution in [3.05, 3.63) is 17.5 Å². The monoisotopic (exact) mass is 230 g/mol. The van der Waals surface area contributed by atoms with Crippen molar-refractivity contribution < 1.29 is 14.7 Å². The zero-order valence-electron chi connectivity index (χ0n) is 7.43. The van der Waals surface area contributed by atoms with Gasteiger partial charge < -0.3 is 5.11 Å². The smallest absolute Gasteiger partial charge is 0.372 e. The second-order valence-corrected chi connectivity index (χ2v) is 4.96. The van der Waals surface area contributed by atoms with Crippen LogP contribution in [0.4, 0.5) is 0 Å². The number of thiophene rings is 1. The van der Waals surface area contributed by atoms with Gasteiger partial charge in [-0.05, 0) is 23.6 Å². The fourth-order valence-corrected chi connectivity index (χ4v) is 2.66. The minimum atomic E-state index is -1.33. The Morgan fingerprint density at radius 3 is 2.86 bits per heavy atom. The average Bonchev–Trinajstić information content (AvgIpc) is 2.64. The van der Waals surface area contributed by atoms with Gasteiger partial charge in [0.25, 0.3) is 0 Å². The van der Waals surface area contributed by atoms with Crippen molar-refractivity contribution in [2.24, 2.45) is 0 Å². The lowest BCUT2D eigenvalue weighted by molar-refractivity contribution is -0.149. The zero-order valence-corrected chi connectivity index (χ0v) is 9.07. The number of rotatable bonds is 6. The SMILES string of the molecule is O=C(O)C(=O)CCCSc1cccs1. The minimum Gasteiger partial charge on any atom is -0.476 e. The molecule has 0 fully saturated rings. The van der Waals surface area contributed by atoms with Gasteiger partial charge in [-0.15, -0.1) is 23.1 Å². The number of hydrogen-bond acceptors (Lipinski definition) is 4. The van der Waals surface area contributed by atoms with Crippen molar-refractivity contribution in [2.45, 2.75) is 17.1 Å². The predicted octanol–water partition coefficient (Wildman–Crippen LogP) is 2.27. The summed E-state index contributed by atoms with van der Waals surface area (Å²) < 4.78 is 1.20. The summed E-state index contributed by atoms with van der Waals surface area (Å²) in [6.45, 7) is 0. The van der Waals surface area contributed by atoms with Crippen LogP contribution < -0.4 is 0 Å². The summed E-state index contributed by atoms with van der Waals surface area (Å²) in [7, 11) is 0. The summed E-state index contributed by atoms with van der Waals surface area (Å²) >= 11 is 3.30. The third-order valence-corrected chi connectivity index (χ3v) is 3.74. The van der Waals surface area contributed by atoms with E-state index in [4.69, 9.17) is 5.11 Å². The van der Waals surface area contributed by atoms with Gasteiger partial charge in [0.1, 0.15) is 0 Å². The second kappa shape index (κ2) is 5.82. The first-order chi connectivity index (χ1) is 6.70. The number of aliphatic carboxylic acids is 1. The molecule has 0 amide bonds. The van der Waals surface area contributed by atoms with E-state index in [1.54, 1.807) is 23.1 Å². The van der Waals surface area contributed by atoms with Crippen LogP contribution >= 0.6 is 23.1 Å². The molecule has 1 aromatic rings. The Labute approximate surface area is 90.1 Å². The fraction of sp³-hybridized carbons (Fsp3) is 0.333. The molecule has 0 bridgehead atoms. The molecule has 0 saturated carbocycles. The maximum absolute atomic E-state index is 10.7. The van der Waals surface area contributed by atoms with Gasteiger partial charge in [-0.1, -0.05) is 6.07 Å². The van der Waals surface area contributed by atoms with Gasteiger partial charge in [0.2, 0.25) is 5.78 Å². The molecule has 0 atom stereocenters. The van der Waals surface area contributed by atoms with Crippen LogP contribution in [0.15, 0.2) is 21.7 Å². The summed E-state index contributed by atoms with van der Waals surface area (Å²) in [6, 6.07) is 3.98.